The fraction of sp³-hybridized carbons (Fsp3) is 0.263. The number of benzene rings is 2. The van der Waals surface area contributed by atoms with Crippen molar-refractivity contribution in [3.8, 4) is 11.5 Å². The van der Waals surface area contributed by atoms with Gasteiger partial charge in [-0.2, -0.15) is 0 Å². The average molecular weight is 486 g/mol. The normalized spacial score (nSPS) is 11.7. The van der Waals surface area contributed by atoms with Gasteiger partial charge < -0.3 is 14.6 Å². The molecule has 1 atom stereocenters. The molecule has 0 saturated heterocycles. The third-order valence-corrected chi connectivity index (χ3v) is 5.12. The summed E-state index contributed by atoms with van der Waals surface area (Å²) in [4.78, 5) is 22.9. The summed E-state index contributed by atoms with van der Waals surface area (Å²) < 4.78 is 11.9. The van der Waals surface area contributed by atoms with Gasteiger partial charge >= 0.3 is 11.9 Å². The summed E-state index contributed by atoms with van der Waals surface area (Å²) in [6, 6.07) is 9.92. The Morgan fingerprint density at radius 1 is 1.08 bits per heavy atom. The lowest BCUT2D eigenvalue weighted by Gasteiger charge is -2.13. The number of hydrogen-bond donors (Lipinski definition) is 1. The molecular formula is C19H18Br2O5. The minimum Gasteiger partial charge on any atom is -0.481 e. The number of carboxylic acids is 1. The van der Waals surface area contributed by atoms with Gasteiger partial charge in [0, 0.05) is 0 Å². The quantitative estimate of drug-likeness (QED) is 0.419. The molecule has 1 N–H and O–H groups in total. The van der Waals surface area contributed by atoms with E-state index in [2.05, 4.69) is 45.7 Å². The maximum atomic E-state index is 12.0. The highest BCUT2D eigenvalue weighted by Gasteiger charge is 2.13. The zero-order valence-electron chi connectivity index (χ0n) is 14.3. The van der Waals surface area contributed by atoms with Crippen LogP contribution in [-0.2, 0) is 4.79 Å². The summed E-state index contributed by atoms with van der Waals surface area (Å²) in [7, 11) is 0. The molecule has 0 saturated carbocycles. The lowest BCUT2D eigenvalue weighted by Crippen LogP contribution is -2.18. The molecule has 0 radical (unpaired) electrons. The summed E-state index contributed by atoms with van der Waals surface area (Å²) in [5.41, 5.74) is 1.29. The Hall–Kier alpha value is -1.86. The number of rotatable bonds is 7. The Kier molecular flexibility index (Phi) is 7.23. The molecule has 7 heteroatoms. The molecule has 26 heavy (non-hydrogen) atoms. The number of carboxylic acid groups (broad SMARTS) is 1. The van der Waals surface area contributed by atoms with E-state index in [0.29, 0.717) is 16.1 Å². The number of ether oxygens (including phenoxy) is 2. The number of carbonyl (C=O) groups is 2. The van der Waals surface area contributed by atoms with Gasteiger partial charge in [0.15, 0.2) is 6.61 Å². The van der Waals surface area contributed by atoms with Crippen LogP contribution in [0.3, 0.4) is 0 Å². The fourth-order valence-corrected chi connectivity index (χ4v) is 3.15. The molecule has 0 aromatic heterocycles. The van der Waals surface area contributed by atoms with Gasteiger partial charge in [-0.05, 0) is 80.1 Å². The predicted molar refractivity (Wildman–Crippen MR) is 105 cm³/mol. The molecule has 2 rings (SSSR count). The molecule has 1 unspecified atom stereocenters. The molecule has 2 aromatic rings. The first-order chi connectivity index (χ1) is 12.3. The highest BCUT2D eigenvalue weighted by atomic mass is 79.9. The molecule has 0 bridgehead atoms. The number of carbonyl (C=O) groups excluding carboxylic acids is 1. The standard InChI is InChI=1S/C19H18Br2O5/c1-3-11(2)12-4-6-16(14(20)8-12)25-10-18(22)26-17-7-5-13(19(23)24)9-15(17)21/h4-9,11H,3,10H2,1-2H3,(H,23,24). The van der Waals surface area contributed by atoms with E-state index in [1.807, 2.05) is 18.2 Å². The largest absolute Gasteiger partial charge is 0.481 e. The average Bonchev–Trinajstić information content (AvgIpc) is 2.61. The van der Waals surface area contributed by atoms with E-state index in [9.17, 15) is 9.59 Å². The van der Waals surface area contributed by atoms with Gasteiger partial charge in [-0.15, -0.1) is 0 Å². The summed E-state index contributed by atoms with van der Waals surface area (Å²) in [5.74, 6) is -0.426. The number of hydrogen-bond acceptors (Lipinski definition) is 4. The zero-order valence-corrected chi connectivity index (χ0v) is 17.5. The Labute approximate surface area is 168 Å². The van der Waals surface area contributed by atoms with Crippen LogP contribution in [0, 0.1) is 0 Å². The van der Waals surface area contributed by atoms with Crippen LogP contribution in [0.2, 0.25) is 0 Å². The van der Waals surface area contributed by atoms with Crippen LogP contribution in [-0.4, -0.2) is 23.7 Å². The minimum absolute atomic E-state index is 0.0956. The monoisotopic (exact) mass is 484 g/mol. The molecule has 5 nitrogen and oxygen atoms in total. The van der Waals surface area contributed by atoms with Gasteiger partial charge in [0.05, 0.1) is 14.5 Å². The summed E-state index contributed by atoms with van der Waals surface area (Å²) in [5, 5.41) is 8.93. The zero-order chi connectivity index (χ0) is 19.3. The van der Waals surface area contributed by atoms with Crippen molar-refractivity contribution in [3.63, 3.8) is 0 Å². The molecule has 0 aliphatic rings. The van der Waals surface area contributed by atoms with Gasteiger partial charge in [-0.3, -0.25) is 0 Å². The molecule has 0 fully saturated rings. The van der Waals surface area contributed by atoms with Crippen molar-refractivity contribution >= 4 is 43.8 Å². The van der Waals surface area contributed by atoms with Crippen LogP contribution in [0.25, 0.3) is 0 Å². The Morgan fingerprint density at radius 3 is 2.31 bits per heavy atom. The third-order valence-electron chi connectivity index (χ3n) is 3.89. The SMILES string of the molecule is CCC(C)c1ccc(OCC(=O)Oc2ccc(C(=O)O)cc2Br)c(Br)c1. The van der Waals surface area contributed by atoms with Crippen LogP contribution >= 0.6 is 31.9 Å². The molecule has 0 spiro atoms. The van der Waals surface area contributed by atoms with E-state index >= 15 is 0 Å². The number of aromatic carboxylic acids is 1. The maximum absolute atomic E-state index is 12.0. The van der Waals surface area contributed by atoms with Crippen molar-refractivity contribution in [2.24, 2.45) is 0 Å². The van der Waals surface area contributed by atoms with Crippen LogP contribution < -0.4 is 9.47 Å². The predicted octanol–water partition coefficient (Wildman–Crippen LogP) is 5.41. The highest BCUT2D eigenvalue weighted by molar-refractivity contribution is 9.10. The van der Waals surface area contributed by atoms with Crippen molar-refractivity contribution in [1.29, 1.82) is 0 Å². The smallest absolute Gasteiger partial charge is 0.349 e. The van der Waals surface area contributed by atoms with Gasteiger partial charge in [0.25, 0.3) is 0 Å². The fourth-order valence-electron chi connectivity index (χ4n) is 2.18. The van der Waals surface area contributed by atoms with E-state index in [1.54, 1.807) is 0 Å². The van der Waals surface area contributed by atoms with E-state index in [1.165, 1.54) is 23.8 Å². The lowest BCUT2D eigenvalue weighted by atomic mass is 9.99. The molecule has 0 amide bonds. The Bertz CT molecular complexity index is 820. The van der Waals surface area contributed by atoms with Crippen molar-refractivity contribution in [1.82, 2.24) is 0 Å². The molecule has 0 heterocycles. The molecule has 2 aromatic carbocycles. The van der Waals surface area contributed by atoms with E-state index < -0.39 is 11.9 Å². The second kappa shape index (κ2) is 9.19. The highest BCUT2D eigenvalue weighted by Crippen LogP contribution is 2.30. The van der Waals surface area contributed by atoms with Gasteiger partial charge in [0.2, 0.25) is 0 Å². The third kappa shape index (κ3) is 5.32. The van der Waals surface area contributed by atoms with Crippen LogP contribution in [0.4, 0.5) is 0 Å². The number of halogens is 2. The second-order valence-corrected chi connectivity index (χ2v) is 7.42. The first-order valence-corrected chi connectivity index (χ1v) is 9.56. The Balaban J connectivity index is 1.98. The molecule has 138 valence electrons. The summed E-state index contributed by atoms with van der Waals surface area (Å²) in [6.07, 6.45) is 1.04. The molecular weight excluding hydrogens is 468 g/mol. The second-order valence-electron chi connectivity index (χ2n) is 5.71. The van der Waals surface area contributed by atoms with Gasteiger partial charge in [-0.25, -0.2) is 9.59 Å². The minimum atomic E-state index is -1.06. The first-order valence-electron chi connectivity index (χ1n) is 7.97. The van der Waals surface area contributed by atoms with E-state index in [-0.39, 0.29) is 17.9 Å². The van der Waals surface area contributed by atoms with E-state index in [0.717, 1.165) is 10.9 Å². The van der Waals surface area contributed by atoms with Crippen molar-refractivity contribution in [2.45, 2.75) is 26.2 Å². The summed E-state index contributed by atoms with van der Waals surface area (Å²) >= 11 is 6.65. The molecule has 0 aliphatic carbocycles. The van der Waals surface area contributed by atoms with Crippen LogP contribution in [0.5, 0.6) is 11.5 Å². The maximum Gasteiger partial charge on any atom is 0.349 e. The van der Waals surface area contributed by atoms with Gasteiger partial charge in [-0.1, -0.05) is 19.9 Å². The van der Waals surface area contributed by atoms with Gasteiger partial charge in [0.1, 0.15) is 11.5 Å². The van der Waals surface area contributed by atoms with E-state index in [4.69, 9.17) is 14.6 Å². The summed E-state index contributed by atoms with van der Waals surface area (Å²) in [6.45, 7) is 4.00. The topological polar surface area (TPSA) is 72.8 Å². The lowest BCUT2D eigenvalue weighted by molar-refractivity contribution is -0.136. The van der Waals surface area contributed by atoms with Crippen LogP contribution in [0.1, 0.15) is 42.1 Å². The first kappa shape index (κ1) is 20.5. The molecule has 0 aliphatic heterocycles. The van der Waals surface area contributed by atoms with Crippen molar-refractivity contribution in [3.05, 3.63) is 56.5 Å². The van der Waals surface area contributed by atoms with Crippen molar-refractivity contribution in [2.75, 3.05) is 6.61 Å². The van der Waals surface area contributed by atoms with Crippen LogP contribution in [0.15, 0.2) is 45.3 Å². The van der Waals surface area contributed by atoms with Crippen molar-refractivity contribution < 1.29 is 24.2 Å². The Morgan fingerprint density at radius 2 is 1.73 bits per heavy atom. The number of esters is 1.